The quantitative estimate of drug-likeness (QED) is 0.494. The number of hydrogen-bond donors (Lipinski definition) is 0. The molecule has 0 radical (unpaired) electrons. The molecular formula is C11H13Cl2O3PS. The van der Waals surface area contributed by atoms with E-state index < -0.39 is 6.80 Å². The van der Waals surface area contributed by atoms with Crippen molar-refractivity contribution in [3.63, 3.8) is 0 Å². The minimum Gasteiger partial charge on any atom is -0.415 e. The molecule has 3 nitrogen and oxygen atoms in total. The number of halogens is 2. The first-order valence-corrected chi connectivity index (χ1v) is 9.04. The van der Waals surface area contributed by atoms with E-state index in [9.17, 15) is 4.57 Å². The molecule has 0 amide bonds. The average molecular weight is 327 g/mol. The highest BCUT2D eigenvalue weighted by atomic mass is 35.5. The van der Waals surface area contributed by atoms with Gasteiger partial charge in [0.2, 0.25) is 0 Å². The summed E-state index contributed by atoms with van der Waals surface area (Å²) in [6, 6.07) is 4.69. The first kappa shape index (κ1) is 15.9. The maximum absolute atomic E-state index is 12.4. The minimum absolute atomic E-state index is 0.284. The molecule has 0 spiro atoms. The lowest BCUT2D eigenvalue weighted by atomic mass is 10.3. The molecule has 0 aliphatic carbocycles. The van der Waals surface area contributed by atoms with E-state index in [2.05, 4.69) is 6.58 Å². The standard InChI is InChI=1S/C11H13Cl2O3PS/c1-3-7-18-17(14,15-4-2)16-11-6-5-9(12)8-10(11)13/h3,5-6,8H,1,4,7H2,2H3. The lowest BCUT2D eigenvalue weighted by molar-refractivity contribution is 0.296. The first-order chi connectivity index (χ1) is 8.50. The van der Waals surface area contributed by atoms with E-state index in [0.29, 0.717) is 15.8 Å². The summed E-state index contributed by atoms with van der Waals surface area (Å²) in [5.74, 6) is 0.747. The van der Waals surface area contributed by atoms with E-state index >= 15 is 0 Å². The molecule has 7 heteroatoms. The Hall–Kier alpha value is -0.120. The minimum atomic E-state index is -3.28. The monoisotopic (exact) mass is 326 g/mol. The van der Waals surface area contributed by atoms with E-state index in [-0.39, 0.29) is 12.4 Å². The molecule has 0 saturated carbocycles. The van der Waals surface area contributed by atoms with Gasteiger partial charge >= 0.3 is 6.80 Å². The van der Waals surface area contributed by atoms with Crippen molar-refractivity contribution >= 4 is 41.4 Å². The third-order valence-corrected chi connectivity index (χ3v) is 5.90. The second-order valence-corrected chi connectivity index (χ2v) is 8.00. The van der Waals surface area contributed by atoms with Crippen LogP contribution in [-0.4, -0.2) is 12.4 Å². The van der Waals surface area contributed by atoms with Crippen LogP contribution in [0.1, 0.15) is 6.92 Å². The number of rotatable bonds is 7. The van der Waals surface area contributed by atoms with Gasteiger partial charge in [0.15, 0.2) is 0 Å². The highest BCUT2D eigenvalue weighted by Gasteiger charge is 2.27. The fourth-order valence-electron chi connectivity index (χ4n) is 1.06. The summed E-state index contributed by atoms with van der Waals surface area (Å²) in [6.07, 6.45) is 1.63. The first-order valence-electron chi connectivity index (χ1n) is 5.15. The Labute approximate surface area is 121 Å². The summed E-state index contributed by atoms with van der Waals surface area (Å²) in [5.41, 5.74) is 0. The second-order valence-electron chi connectivity index (χ2n) is 3.12. The number of hydrogen-bond acceptors (Lipinski definition) is 4. The van der Waals surface area contributed by atoms with Gasteiger partial charge in [0.25, 0.3) is 0 Å². The van der Waals surface area contributed by atoms with Crippen molar-refractivity contribution in [2.45, 2.75) is 6.92 Å². The Morgan fingerprint density at radius 1 is 1.50 bits per heavy atom. The molecule has 0 N–H and O–H groups in total. The van der Waals surface area contributed by atoms with Gasteiger partial charge in [0, 0.05) is 10.8 Å². The zero-order valence-corrected chi connectivity index (χ0v) is 13.0. The topological polar surface area (TPSA) is 35.5 Å². The molecule has 0 aromatic heterocycles. The van der Waals surface area contributed by atoms with Crippen LogP contribution >= 0.6 is 41.4 Å². The van der Waals surface area contributed by atoms with Crippen LogP contribution in [-0.2, 0) is 9.09 Å². The predicted octanol–water partition coefficient (Wildman–Crippen LogP) is 5.44. The molecule has 0 bridgehead atoms. The molecule has 1 unspecified atom stereocenters. The fraction of sp³-hybridized carbons (Fsp3) is 0.273. The average Bonchev–Trinajstić information content (AvgIpc) is 2.31. The Morgan fingerprint density at radius 3 is 2.78 bits per heavy atom. The molecular weight excluding hydrogens is 314 g/mol. The van der Waals surface area contributed by atoms with Crippen LogP contribution in [0.3, 0.4) is 0 Å². The fourth-order valence-corrected chi connectivity index (χ4v) is 4.55. The maximum Gasteiger partial charge on any atom is 0.440 e. The Bertz CT molecular complexity index is 468. The maximum atomic E-state index is 12.4. The zero-order chi connectivity index (χ0) is 13.6. The summed E-state index contributed by atoms with van der Waals surface area (Å²) in [4.78, 5) is 0. The molecule has 0 saturated heterocycles. The third-order valence-electron chi connectivity index (χ3n) is 1.74. The van der Waals surface area contributed by atoms with E-state index in [4.69, 9.17) is 32.2 Å². The van der Waals surface area contributed by atoms with Crippen LogP contribution in [0.15, 0.2) is 30.9 Å². The lowest BCUT2D eigenvalue weighted by Crippen LogP contribution is -1.96. The van der Waals surface area contributed by atoms with Gasteiger partial charge < -0.3 is 4.52 Å². The van der Waals surface area contributed by atoms with Crippen molar-refractivity contribution in [1.29, 1.82) is 0 Å². The van der Waals surface area contributed by atoms with Crippen LogP contribution < -0.4 is 4.52 Å². The zero-order valence-electron chi connectivity index (χ0n) is 9.77. The molecule has 100 valence electrons. The van der Waals surface area contributed by atoms with Crippen LogP contribution in [0.4, 0.5) is 0 Å². The van der Waals surface area contributed by atoms with Gasteiger partial charge in [-0.05, 0) is 36.5 Å². The Morgan fingerprint density at radius 2 is 2.22 bits per heavy atom. The molecule has 0 fully saturated rings. The van der Waals surface area contributed by atoms with Crippen molar-refractivity contribution in [1.82, 2.24) is 0 Å². The van der Waals surface area contributed by atoms with Crippen molar-refractivity contribution in [2.24, 2.45) is 0 Å². The van der Waals surface area contributed by atoms with Gasteiger partial charge in [0.05, 0.1) is 11.6 Å². The second kappa shape index (κ2) is 7.46. The van der Waals surface area contributed by atoms with Gasteiger partial charge in [-0.2, -0.15) is 0 Å². The molecule has 1 aromatic carbocycles. The van der Waals surface area contributed by atoms with Gasteiger partial charge in [-0.3, -0.25) is 4.52 Å². The highest BCUT2D eigenvalue weighted by molar-refractivity contribution is 8.55. The molecule has 0 aliphatic rings. The van der Waals surface area contributed by atoms with Crippen LogP contribution in [0.2, 0.25) is 10.0 Å². The molecule has 0 heterocycles. The van der Waals surface area contributed by atoms with E-state index in [0.717, 1.165) is 11.4 Å². The van der Waals surface area contributed by atoms with Gasteiger partial charge in [-0.1, -0.05) is 29.3 Å². The van der Waals surface area contributed by atoms with Crippen molar-refractivity contribution in [3.05, 3.63) is 40.9 Å². The van der Waals surface area contributed by atoms with Gasteiger partial charge in [-0.25, -0.2) is 4.57 Å². The van der Waals surface area contributed by atoms with Crippen molar-refractivity contribution in [2.75, 3.05) is 12.4 Å². The highest BCUT2D eigenvalue weighted by Crippen LogP contribution is 2.60. The summed E-state index contributed by atoms with van der Waals surface area (Å²) in [7, 11) is 0. The van der Waals surface area contributed by atoms with Crippen LogP contribution in [0.5, 0.6) is 5.75 Å². The van der Waals surface area contributed by atoms with Crippen molar-refractivity contribution < 1.29 is 13.6 Å². The molecule has 1 atom stereocenters. The third kappa shape index (κ3) is 4.87. The molecule has 0 aliphatic heterocycles. The lowest BCUT2D eigenvalue weighted by Gasteiger charge is -2.17. The molecule has 1 aromatic rings. The van der Waals surface area contributed by atoms with Crippen LogP contribution in [0.25, 0.3) is 0 Å². The smallest absolute Gasteiger partial charge is 0.415 e. The summed E-state index contributed by atoms with van der Waals surface area (Å²) >= 11 is 12.8. The summed E-state index contributed by atoms with van der Waals surface area (Å²) in [5, 5.41) is 0.777. The number of benzene rings is 1. The van der Waals surface area contributed by atoms with E-state index in [1.807, 2.05) is 0 Å². The molecule has 18 heavy (non-hydrogen) atoms. The molecule has 1 rings (SSSR count). The normalized spacial score (nSPS) is 13.9. The largest absolute Gasteiger partial charge is 0.440 e. The predicted molar refractivity (Wildman–Crippen MR) is 79.0 cm³/mol. The Kier molecular flexibility index (Phi) is 6.61. The van der Waals surface area contributed by atoms with Gasteiger partial charge in [-0.15, -0.1) is 6.58 Å². The van der Waals surface area contributed by atoms with Crippen LogP contribution in [0, 0.1) is 0 Å². The van der Waals surface area contributed by atoms with E-state index in [1.54, 1.807) is 25.1 Å². The van der Waals surface area contributed by atoms with Gasteiger partial charge in [0.1, 0.15) is 5.75 Å². The SMILES string of the molecule is C=CCSP(=O)(OCC)Oc1ccc(Cl)cc1Cl. The Balaban J connectivity index is 2.88. The van der Waals surface area contributed by atoms with Crippen molar-refractivity contribution in [3.8, 4) is 5.75 Å². The summed E-state index contributed by atoms with van der Waals surface area (Å²) in [6.45, 7) is 2.31. The van der Waals surface area contributed by atoms with E-state index in [1.165, 1.54) is 6.07 Å². The summed E-state index contributed by atoms with van der Waals surface area (Å²) < 4.78 is 22.9.